The minimum atomic E-state index is -1.78. The lowest BCUT2D eigenvalue weighted by Crippen LogP contribution is -2.52. The van der Waals surface area contributed by atoms with Crippen molar-refractivity contribution in [3.05, 3.63) is 0 Å². The first-order valence-corrected chi connectivity index (χ1v) is 5.54. The van der Waals surface area contributed by atoms with Gasteiger partial charge in [-0.25, -0.2) is 5.43 Å². The van der Waals surface area contributed by atoms with Crippen LogP contribution in [0.25, 0.3) is 0 Å². The standard InChI is InChI=1S/C8H10Cl3N3O2/c1-3-5(7(16)14-13-3)6(8(9,10)11)12-4(2)15/h5-6H,1-2H3,(H,12,15)(H,14,16)/t5-,6+/m1/s1. The molecular formula is C8H10Cl3N3O2. The zero-order chi connectivity index (χ0) is 12.5. The second kappa shape index (κ2) is 4.77. The highest BCUT2D eigenvalue weighted by molar-refractivity contribution is 6.68. The van der Waals surface area contributed by atoms with Gasteiger partial charge in [-0.15, -0.1) is 0 Å². The zero-order valence-corrected chi connectivity index (χ0v) is 10.8. The van der Waals surface area contributed by atoms with Crippen molar-refractivity contribution in [2.45, 2.75) is 23.7 Å². The molecule has 0 spiro atoms. The Hall–Kier alpha value is -0.520. The van der Waals surface area contributed by atoms with E-state index in [1.165, 1.54) is 6.92 Å². The van der Waals surface area contributed by atoms with E-state index in [0.717, 1.165) is 0 Å². The topological polar surface area (TPSA) is 70.6 Å². The van der Waals surface area contributed by atoms with Crippen molar-refractivity contribution in [1.82, 2.24) is 10.7 Å². The quantitative estimate of drug-likeness (QED) is 0.743. The number of hydrazone groups is 1. The summed E-state index contributed by atoms with van der Waals surface area (Å²) in [7, 11) is 0. The summed E-state index contributed by atoms with van der Waals surface area (Å²) >= 11 is 17.2. The van der Waals surface area contributed by atoms with Crippen molar-refractivity contribution in [3.8, 4) is 0 Å². The minimum Gasteiger partial charge on any atom is -0.348 e. The van der Waals surface area contributed by atoms with E-state index in [2.05, 4.69) is 15.8 Å². The van der Waals surface area contributed by atoms with Gasteiger partial charge < -0.3 is 5.32 Å². The monoisotopic (exact) mass is 285 g/mol. The SMILES string of the molecule is CC(=O)N[C@@H]([C@@H]1C(=O)NN=C1C)C(Cl)(Cl)Cl. The second-order valence-corrected chi connectivity index (χ2v) is 5.80. The number of halogens is 3. The Bertz CT molecular complexity index is 351. The normalized spacial score (nSPS) is 22.4. The highest BCUT2D eigenvalue weighted by Gasteiger charge is 2.46. The lowest BCUT2D eigenvalue weighted by molar-refractivity contribution is -0.123. The van der Waals surface area contributed by atoms with Crippen LogP contribution in [0.5, 0.6) is 0 Å². The number of nitrogens with one attached hydrogen (secondary N) is 2. The number of amides is 2. The van der Waals surface area contributed by atoms with E-state index in [-0.39, 0.29) is 5.91 Å². The molecule has 0 aromatic heterocycles. The van der Waals surface area contributed by atoms with Crippen LogP contribution in [-0.2, 0) is 9.59 Å². The van der Waals surface area contributed by atoms with Crippen LogP contribution in [-0.4, -0.2) is 27.4 Å². The molecule has 0 saturated heterocycles. The molecule has 0 aliphatic carbocycles. The first-order valence-electron chi connectivity index (χ1n) is 4.41. The summed E-state index contributed by atoms with van der Waals surface area (Å²) in [6.45, 7) is 2.90. The van der Waals surface area contributed by atoms with Crippen molar-refractivity contribution < 1.29 is 9.59 Å². The van der Waals surface area contributed by atoms with Crippen LogP contribution in [0.2, 0.25) is 0 Å². The maximum Gasteiger partial charge on any atom is 0.251 e. The molecule has 1 heterocycles. The van der Waals surface area contributed by atoms with Gasteiger partial charge in [0.2, 0.25) is 9.70 Å². The molecule has 1 aliphatic heterocycles. The number of nitrogens with zero attached hydrogens (tertiary/aromatic N) is 1. The van der Waals surface area contributed by atoms with Crippen LogP contribution >= 0.6 is 34.8 Å². The predicted molar refractivity (Wildman–Crippen MR) is 62.6 cm³/mol. The molecule has 0 radical (unpaired) electrons. The maximum absolute atomic E-state index is 11.5. The molecule has 16 heavy (non-hydrogen) atoms. The van der Waals surface area contributed by atoms with E-state index in [1.807, 2.05) is 0 Å². The molecule has 2 amide bonds. The van der Waals surface area contributed by atoms with Gasteiger partial charge in [0, 0.05) is 12.6 Å². The summed E-state index contributed by atoms with van der Waals surface area (Å²) in [4.78, 5) is 22.5. The number of hydrogen-bond donors (Lipinski definition) is 2. The molecule has 90 valence electrons. The summed E-state index contributed by atoms with van der Waals surface area (Å²) in [6.07, 6.45) is 0. The Balaban J connectivity index is 2.97. The average Bonchev–Trinajstić information content (AvgIpc) is 2.41. The fourth-order valence-corrected chi connectivity index (χ4v) is 1.98. The highest BCUT2D eigenvalue weighted by Crippen LogP contribution is 2.35. The third-order valence-electron chi connectivity index (χ3n) is 2.12. The van der Waals surface area contributed by atoms with E-state index < -0.39 is 21.7 Å². The Morgan fingerprint density at radius 3 is 2.44 bits per heavy atom. The summed E-state index contributed by atoms with van der Waals surface area (Å²) in [5.74, 6) is -1.55. The molecule has 1 rings (SSSR count). The lowest BCUT2D eigenvalue weighted by atomic mass is 9.96. The van der Waals surface area contributed by atoms with Gasteiger partial charge in [0.15, 0.2) is 0 Å². The van der Waals surface area contributed by atoms with Crippen LogP contribution in [0.3, 0.4) is 0 Å². The molecule has 0 aromatic rings. The predicted octanol–water partition coefficient (Wildman–Crippen LogP) is 0.983. The van der Waals surface area contributed by atoms with Gasteiger partial charge in [-0.2, -0.15) is 5.10 Å². The number of carbonyl (C=O) groups excluding carboxylic acids is 2. The molecule has 8 heteroatoms. The summed E-state index contributed by atoms with van der Waals surface area (Å²) in [5, 5.41) is 6.18. The lowest BCUT2D eigenvalue weighted by Gasteiger charge is -2.28. The van der Waals surface area contributed by atoms with Crippen LogP contribution in [0.1, 0.15) is 13.8 Å². The van der Waals surface area contributed by atoms with Gasteiger partial charge in [0.25, 0.3) is 5.91 Å². The largest absolute Gasteiger partial charge is 0.348 e. The Morgan fingerprint density at radius 1 is 1.56 bits per heavy atom. The number of alkyl halides is 3. The first-order chi connectivity index (χ1) is 7.23. The molecule has 2 N–H and O–H groups in total. The third kappa shape index (κ3) is 2.99. The molecule has 0 saturated carbocycles. The van der Waals surface area contributed by atoms with Crippen molar-refractivity contribution in [3.63, 3.8) is 0 Å². The highest BCUT2D eigenvalue weighted by atomic mass is 35.6. The molecular weight excluding hydrogens is 276 g/mol. The fraction of sp³-hybridized carbons (Fsp3) is 0.625. The van der Waals surface area contributed by atoms with E-state index >= 15 is 0 Å². The molecule has 0 bridgehead atoms. The maximum atomic E-state index is 11.5. The van der Waals surface area contributed by atoms with Crippen molar-refractivity contribution in [2.75, 3.05) is 0 Å². The molecule has 5 nitrogen and oxygen atoms in total. The molecule has 0 aromatic carbocycles. The van der Waals surface area contributed by atoms with E-state index in [9.17, 15) is 9.59 Å². The van der Waals surface area contributed by atoms with Crippen molar-refractivity contribution >= 4 is 52.3 Å². The van der Waals surface area contributed by atoms with Crippen LogP contribution in [0.15, 0.2) is 5.10 Å². The summed E-state index contributed by atoms with van der Waals surface area (Å²) in [5.41, 5.74) is 2.73. The van der Waals surface area contributed by atoms with Crippen LogP contribution in [0.4, 0.5) is 0 Å². The third-order valence-corrected chi connectivity index (χ3v) is 2.83. The van der Waals surface area contributed by atoms with E-state index in [1.54, 1.807) is 6.92 Å². The fourth-order valence-electron chi connectivity index (χ4n) is 1.44. The molecule has 0 unspecified atom stereocenters. The molecule has 2 atom stereocenters. The van der Waals surface area contributed by atoms with Gasteiger partial charge in [-0.1, -0.05) is 34.8 Å². The Labute approximate surface area is 107 Å². The van der Waals surface area contributed by atoms with E-state index in [0.29, 0.717) is 5.71 Å². The van der Waals surface area contributed by atoms with Gasteiger partial charge in [-0.05, 0) is 6.92 Å². The van der Waals surface area contributed by atoms with Crippen molar-refractivity contribution in [1.29, 1.82) is 0 Å². The zero-order valence-electron chi connectivity index (χ0n) is 8.55. The Morgan fingerprint density at radius 2 is 2.12 bits per heavy atom. The van der Waals surface area contributed by atoms with Gasteiger partial charge in [0.1, 0.15) is 5.92 Å². The van der Waals surface area contributed by atoms with Gasteiger partial charge in [0.05, 0.1) is 6.04 Å². The minimum absolute atomic E-state index is 0.385. The number of carbonyl (C=O) groups is 2. The second-order valence-electron chi connectivity index (χ2n) is 3.43. The average molecular weight is 287 g/mol. The molecule has 1 aliphatic rings. The van der Waals surface area contributed by atoms with Gasteiger partial charge in [-0.3, -0.25) is 9.59 Å². The van der Waals surface area contributed by atoms with Crippen LogP contribution < -0.4 is 10.7 Å². The van der Waals surface area contributed by atoms with E-state index in [4.69, 9.17) is 34.8 Å². The smallest absolute Gasteiger partial charge is 0.251 e. The summed E-state index contributed by atoms with van der Waals surface area (Å²) in [6, 6.07) is -0.943. The summed E-state index contributed by atoms with van der Waals surface area (Å²) < 4.78 is -1.78. The van der Waals surface area contributed by atoms with Crippen LogP contribution in [0, 0.1) is 5.92 Å². The first kappa shape index (κ1) is 13.5. The number of hydrogen-bond acceptors (Lipinski definition) is 3. The number of rotatable bonds is 2. The Kier molecular flexibility index (Phi) is 4.04. The molecule has 0 fully saturated rings. The van der Waals surface area contributed by atoms with Crippen molar-refractivity contribution in [2.24, 2.45) is 11.0 Å². The van der Waals surface area contributed by atoms with Gasteiger partial charge >= 0.3 is 0 Å².